The number of hydrogen-bond donors (Lipinski definition) is 3. The lowest BCUT2D eigenvalue weighted by Crippen LogP contribution is -2.20. The van der Waals surface area contributed by atoms with Gasteiger partial charge in [-0.1, -0.05) is 42.5 Å². The van der Waals surface area contributed by atoms with Crippen molar-refractivity contribution < 1.29 is 15.3 Å². The van der Waals surface area contributed by atoms with Crippen LogP contribution in [0.5, 0.6) is 5.75 Å². The first-order chi connectivity index (χ1) is 8.66. The van der Waals surface area contributed by atoms with Gasteiger partial charge in [0.25, 0.3) is 0 Å². The number of aliphatic hydroxyl groups is 2. The van der Waals surface area contributed by atoms with Crippen LogP contribution in [0.15, 0.2) is 54.6 Å². The number of phenols is 1. The standard InChI is InChI=1S/C15H16O3/c16-13-8-6-11(7-9-13)10-14(17)15(18)12-4-2-1-3-5-12/h1-9,14-18H,10H2. The highest BCUT2D eigenvalue weighted by Gasteiger charge is 2.18. The van der Waals surface area contributed by atoms with Crippen LogP contribution in [0.4, 0.5) is 0 Å². The molecule has 3 N–H and O–H groups in total. The average Bonchev–Trinajstić information content (AvgIpc) is 2.41. The summed E-state index contributed by atoms with van der Waals surface area (Å²) in [5.74, 6) is 0.192. The molecule has 3 heteroatoms. The first-order valence-corrected chi connectivity index (χ1v) is 5.86. The van der Waals surface area contributed by atoms with Crippen molar-refractivity contribution in [3.05, 3.63) is 65.7 Å². The maximum atomic E-state index is 10.0. The minimum Gasteiger partial charge on any atom is -0.508 e. The number of hydrogen-bond acceptors (Lipinski definition) is 3. The molecule has 0 aliphatic rings. The normalized spacial score (nSPS) is 14.1. The molecule has 0 fully saturated rings. The summed E-state index contributed by atoms with van der Waals surface area (Å²) in [5, 5.41) is 29.2. The first-order valence-electron chi connectivity index (χ1n) is 5.86. The van der Waals surface area contributed by atoms with Crippen molar-refractivity contribution in [1.82, 2.24) is 0 Å². The zero-order valence-electron chi connectivity index (χ0n) is 9.90. The maximum Gasteiger partial charge on any atom is 0.115 e. The summed E-state index contributed by atoms with van der Waals surface area (Å²) < 4.78 is 0. The van der Waals surface area contributed by atoms with Gasteiger partial charge in [-0.3, -0.25) is 0 Å². The summed E-state index contributed by atoms with van der Waals surface area (Å²) in [6.45, 7) is 0. The molecule has 18 heavy (non-hydrogen) atoms. The molecule has 2 unspecified atom stereocenters. The van der Waals surface area contributed by atoms with Gasteiger partial charge in [0.15, 0.2) is 0 Å². The number of benzene rings is 2. The molecule has 0 aliphatic heterocycles. The van der Waals surface area contributed by atoms with Crippen molar-refractivity contribution in [3.8, 4) is 5.75 Å². The maximum absolute atomic E-state index is 10.0. The molecule has 0 bridgehead atoms. The molecule has 2 aromatic carbocycles. The second-order valence-corrected chi connectivity index (χ2v) is 4.29. The molecule has 3 nitrogen and oxygen atoms in total. The first kappa shape index (κ1) is 12.6. The fourth-order valence-electron chi connectivity index (χ4n) is 1.86. The van der Waals surface area contributed by atoms with E-state index in [1.807, 2.05) is 18.2 Å². The Morgan fingerprint density at radius 1 is 0.833 bits per heavy atom. The third-order valence-corrected chi connectivity index (χ3v) is 2.89. The van der Waals surface area contributed by atoms with Crippen molar-refractivity contribution in [2.24, 2.45) is 0 Å². The number of phenolic OH excluding ortho intramolecular Hbond substituents is 1. The lowest BCUT2D eigenvalue weighted by Gasteiger charge is -2.18. The number of aromatic hydroxyl groups is 1. The monoisotopic (exact) mass is 244 g/mol. The van der Waals surface area contributed by atoms with E-state index >= 15 is 0 Å². The zero-order chi connectivity index (χ0) is 13.0. The van der Waals surface area contributed by atoms with Gasteiger partial charge in [0.05, 0.1) is 6.10 Å². The molecule has 0 radical (unpaired) electrons. The van der Waals surface area contributed by atoms with Crippen LogP contribution in [-0.2, 0) is 6.42 Å². The summed E-state index contributed by atoms with van der Waals surface area (Å²) in [7, 11) is 0. The molecule has 0 spiro atoms. The van der Waals surface area contributed by atoms with E-state index in [2.05, 4.69) is 0 Å². The molecule has 2 aromatic rings. The van der Waals surface area contributed by atoms with Crippen LogP contribution >= 0.6 is 0 Å². The van der Waals surface area contributed by atoms with Crippen LogP contribution in [-0.4, -0.2) is 21.4 Å². The lowest BCUT2D eigenvalue weighted by atomic mass is 9.98. The quantitative estimate of drug-likeness (QED) is 0.771. The van der Waals surface area contributed by atoms with Crippen LogP contribution in [0.3, 0.4) is 0 Å². The highest BCUT2D eigenvalue weighted by molar-refractivity contribution is 5.27. The van der Waals surface area contributed by atoms with E-state index in [0.717, 1.165) is 5.56 Å². The molecule has 0 saturated carbocycles. The van der Waals surface area contributed by atoms with Crippen molar-refractivity contribution in [3.63, 3.8) is 0 Å². The molecule has 2 rings (SSSR count). The summed E-state index contributed by atoms with van der Waals surface area (Å²) >= 11 is 0. The van der Waals surface area contributed by atoms with E-state index in [1.165, 1.54) is 0 Å². The van der Waals surface area contributed by atoms with Crippen molar-refractivity contribution in [2.45, 2.75) is 18.6 Å². The van der Waals surface area contributed by atoms with Gasteiger partial charge in [0.1, 0.15) is 11.9 Å². The van der Waals surface area contributed by atoms with Crippen LogP contribution in [0, 0.1) is 0 Å². The van der Waals surface area contributed by atoms with E-state index in [0.29, 0.717) is 12.0 Å². The lowest BCUT2D eigenvalue weighted by molar-refractivity contribution is 0.0189. The summed E-state index contributed by atoms with van der Waals surface area (Å²) in [5.41, 5.74) is 1.57. The SMILES string of the molecule is Oc1ccc(CC(O)C(O)c2ccccc2)cc1. The van der Waals surface area contributed by atoms with E-state index in [-0.39, 0.29) is 5.75 Å². The molecule has 0 saturated heterocycles. The molecule has 0 heterocycles. The predicted octanol–water partition coefficient (Wildman–Crippen LogP) is 2.03. The van der Waals surface area contributed by atoms with Gasteiger partial charge < -0.3 is 15.3 Å². The molecule has 0 aromatic heterocycles. The number of aliphatic hydroxyl groups excluding tert-OH is 2. The van der Waals surface area contributed by atoms with Gasteiger partial charge in [-0.05, 0) is 23.3 Å². The highest BCUT2D eigenvalue weighted by atomic mass is 16.3. The average molecular weight is 244 g/mol. The third-order valence-electron chi connectivity index (χ3n) is 2.89. The molecular formula is C15H16O3. The summed E-state index contributed by atoms with van der Waals surface area (Å²) in [4.78, 5) is 0. The second-order valence-electron chi connectivity index (χ2n) is 4.29. The Morgan fingerprint density at radius 2 is 1.44 bits per heavy atom. The van der Waals surface area contributed by atoms with Gasteiger partial charge in [0.2, 0.25) is 0 Å². The molecule has 94 valence electrons. The summed E-state index contributed by atoms with van der Waals surface area (Å²) in [6, 6.07) is 15.7. The summed E-state index contributed by atoms with van der Waals surface area (Å²) in [6.07, 6.45) is -1.42. The Labute approximate surface area is 106 Å². The Morgan fingerprint density at radius 3 is 2.06 bits per heavy atom. The van der Waals surface area contributed by atoms with Crippen LogP contribution in [0.25, 0.3) is 0 Å². The molecule has 2 atom stereocenters. The largest absolute Gasteiger partial charge is 0.508 e. The zero-order valence-corrected chi connectivity index (χ0v) is 9.90. The van der Waals surface area contributed by atoms with Gasteiger partial charge in [-0.15, -0.1) is 0 Å². The van der Waals surface area contributed by atoms with Crippen LogP contribution in [0.2, 0.25) is 0 Å². The number of rotatable bonds is 4. The Kier molecular flexibility index (Phi) is 3.97. The Balaban J connectivity index is 2.03. The molecule has 0 amide bonds. The molecule has 0 aliphatic carbocycles. The predicted molar refractivity (Wildman–Crippen MR) is 69.2 cm³/mol. The van der Waals surface area contributed by atoms with Crippen LogP contribution < -0.4 is 0 Å². The van der Waals surface area contributed by atoms with Crippen molar-refractivity contribution in [2.75, 3.05) is 0 Å². The third kappa shape index (κ3) is 3.09. The van der Waals surface area contributed by atoms with Gasteiger partial charge in [0, 0.05) is 6.42 Å². The van der Waals surface area contributed by atoms with Crippen LogP contribution in [0.1, 0.15) is 17.2 Å². The fraction of sp³-hybridized carbons (Fsp3) is 0.200. The topological polar surface area (TPSA) is 60.7 Å². The minimum atomic E-state index is -0.903. The van der Waals surface area contributed by atoms with E-state index < -0.39 is 12.2 Å². The molecular weight excluding hydrogens is 228 g/mol. The fourth-order valence-corrected chi connectivity index (χ4v) is 1.86. The second kappa shape index (κ2) is 5.67. The van der Waals surface area contributed by atoms with Gasteiger partial charge in [-0.2, -0.15) is 0 Å². The highest BCUT2D eigenvalue weighted by Crippen LogP contribution is 2.20. The smallest absolute Gasteiger partial charge is 0.115 e. The minimum absolute atomic E-state index is 0.192. The van der Waals surface area contributed by atoms with E-state index in [1.54, 1.807) is 36.4 Å². The van der Waals surface area contributed by atoms with Crippen molar-refractivity contribution in [1.29, 1.82) is 0 Å². The Bertz CT molecular complexity index is 479. The van der Waals surface area contributed by atoms with E-state index in [9.17, 15) is 10.2 Å². The van der Waals surface area contributed by atoms with Gasteiger partial charge in [-0.25, -0.2) is 0 Å². The van der Waals surface area contributed by atoms with Crippen molar-refractivity contribution >= 4 is 0 Å². The van der Waals surface area contributed by atoms with E-state index in [4.69, 9.17) is 5.11 Å². The Hall–Kier alpha value is -1.84. The van der Waals surface area contributed by atoms with Gasteiger partial charge >= 0.3 is 0 Å².